The molecule has 112 valence electrons. The van der Waals surface area contributed by atoms with Gasteiger partial charge in [0.05, 0.1) is 11.3 Å². The molecule has 0 amide bonds. The molecule has 0 fully saturated rings. The van der Waals surface area contributed by atoms with Gasteiger partial charge in [-0.25, -0.2) is 9.37 Å². The fourth-order valence-corrected chi connectivity index (χ4v) is 1.60. The van der Waals surface area contributed by atoms with Gasteiger partial charge in [-0.2, -0.15) is 22.5 Å². The van der Waals surface area contributed by atoms with Crippen molar-refractivity contribution < 1.29 is 26.7 Å². The maximum Gasteiger partial charge on any atom is 0.419 e. The number of halogens is 5. The quantitative estimate of drug-likeness (QED) is 0.800. The summed E-state index contributed by atoms with van der Waals surface area (Å²) in [5.74, 6) is -3.19. The van der Waals surface area contributed by atoms with Crippen molar-refractivity contribution >= 4 is 0 Å². The van der Waals surface area contributed by atoms with Gasteiger partial charge in [-0.3, -0.25) is 0 Å². The average Bonchev–Trinajstić information content (AvgIpc) is 2.42. The Morgan fingerprint density at radius 1 is 1.14 bits per heavy atom. The van der Waals surface area contributed by atoms with Crippen LogP contribution in [0.3, 0.4) is 0 Å². The summed E-state index contributed by atoms with van der Waals surface area (Å²) in [7, 11) is 0. The third-order valence-electron chi connectivity index (χ3n) is 2.62. The van der Waals surface area contributed by atoms with E-state index in [1.54, 1.807) is 6.92 Å². The van der Waals surface area contributed by atoms with Gasteiger partial charge in [0.1, 0.15) is 17.9 Å². The maximum atomic E-state index is 13.8. The highest BCUT2D eigenvalue weighted by Gasteiger charge is 2.34. The molecule has 0 aliphatic rings. The molecular formula is C13H9F5N2O. The molecule has 2 rings (SSSR count). The SMILES string of the molecule is CCc1ncnc(Oc2ccc(F)c(C(F)(F)F)c2)c1F. The summed E-state index contributed by atoms with van der Waals surface area (Å²) in [6.07, 6.45) is -3.57. The molecule has 0 unspecified atom stereocenters. The van der Waals surface area contributed by atoms with Crippen LogP contribution in [0.4, 0.5) is 22.0 Å². The molecule has 0 N–H and O–H groups in total. The first-order chi connectivity index (χ1) is 9.82. The molecule has 0 bridgehead atoms. The third-order valence-corrected chi connectivity index (χ3v) is 2.62. The van der Waals surface area contributed by atoms with Gasteiger partial charge in [0.25, 0.3) is 5.88 Å². The van der Waals surface area contributed by atoms with Crippen molar-refractivity contribution in [1.82, 2.24) is 9.97 Å². The lowest BCUT2D eigenvalue weighted by atomic mass is 10.2. The third kappa shape index (κ3) is 3.26. The summed E-state index contributed by atoms with van der Waals surface area (Å²) < 4.78 is 69.6. The van der Waals surface area contributed by atoms with Crippen LogP contribution in [0.1, 0.15) is 18.2 Å². The standard InChI is InChI=1S/C13H9F5N2O/c1-2-10-11(15)12(20-6-19-10)21-7-3-4-9(14)8(5-7)13(16,17)18/h3-6H,2H2,1H3. The second-order valence-corrected chi connectivity index (χ2v) is 4.03. The Balaban J connectivity index is 2.37. The number of alkyl halides is 3. The van der Waals surface area contributed by atoms with Gasteiger partial charge in [-0.15, -0.1) is 0 Å². The zero-order chi connectivity index (χ0) is 15.6. The molecule has 1 heterocycles. The van der Waals surface area contributed by atoms with Gasteiger partial charge in [-0.1, -0.05) is 6.92 Å². The Morgan fingerprint density at radius 3 is 2.48 bits per heavy atom. The van der Waals surface area contributed by atoms with Crippen molar-refractivity contribution in [2.45, 2.75) is 19.5 Å². The molecule has 3 nitrogen and oxygen atoms in total. The van der Waals surface area contributed by atoms with Gasteiger partial charge in [0.2, 0.25) is 5.82 Å². The predicted octanol–water partition coefficient (Wildman–Crippen LogP) is 4.13. The molecule has 1 aromatic heterocycles. The number of ether oxygens (including phenoxy) is 1. The Kier molecular flexibility index (Phi) is 4.06. The number of aryl methyl sites for hydroxylation is 1. The zero-order valence-electron chi connectivity index (χ0n) is 10.7. The lowest BCUT2D eigenvalue weighted by molar-refractivity contribution is -0.140. The van der Waals surface area contributed by atoms with Gasteiger partial charge in [0, 0.05) is 0 Å². The highest BCUT2D eigenvalue weighted by Crippen LogP contribution is 2.34. The second kappa shape index (κ2) is 5.63. The highest BCUT2D eigenvalue weighted by atomic mass is 19.4. The number of hydrogen-bond donors (Lipinski definition) is 0. The number of aromatic nitrogens is 2. The Bertz CT molecular complexity index is 657. The van der Waals surface area contributed by atoms with Crippen molar-refractivity contribution in [3.63, 3.8) is 0 Å². The van der Waals surface area contributed by atoms with Crippen molar-refractivity contribution in [3.05, 3.63) is 47.4 Å². The first kappa shape index (κ1) is 15.1. The lowest BCUT2D eigenvalue weighted by Crippen LogP contribution is -2.08. The summed E-state index contributed by atoms with van der Waals surface area (Å²) in [5, 5.41) is 0. The molecule has 0 radical (unpaired) electrons. The Labute approximate surface area is 116 Å². The van der Waals surface area contributed by atoms with E-state index >= 15 is 0 Å². The molecule has 0 saturated carbocycles. The molecule has 0 atom stereocenters. The van der Waals surface area contributed by atoms with Gasteiger partial charge in [0.15, 0.2) is 0 Å². The fourth-order valence-electron chi connectivity index (χ4n) is 1.60. The van der Waals surface area contributed by atoms with E-state index in [-0.39, 0.29) is 17.9 Å². The topological polar surface area (TPSA) is 35.0 Å². The van der Waals surface area contributed by atoms with Crippen molar-refractivity contribution in [2.75, 3.05) is 0 Å². The maximum absolute atomic E-state index is 13.8. The first-order valence-electron chi connectivity index (χ1n) is 5.87. The largest absolute Gasteiger partial charge is 0.436 e. The summed E-state index contributed by atoms with van der Waals surface area (Å²) in [6.45, 7) is 1.65. The van der Waals surface area contributed by atoms with Gasteiger partial charge >= 0.3 is 6.18 Å². The van der Waals surface area contributed by atoms with Crippen molar-refractivity contribution in [1.29, 1.82) is 0 Å². The number of rotatable bonds is 3. The van der Waals surface area contributed by atoms with Crippen LogP contribution in [0.15, 0.2) is 24.5 Å². The minimum absolute atomic E-state index is 0.0677. The van der Waals surface area contributed by atoms with E-state index in [0.29, 0.717) is 12.1 Å². The predicted molar refractivity (Wildman–Crippen MR) is 62.8 cm³/mol. The van der Waals surface area contributed by atoms with Crippen LogP contribution in [0, 0.1) is 11.6 Å². The molecule has 0 saturated heterocycles. The van der Waals surface area contributed by atoms with Crippen LogP contribution in [-0.4, -0.2) is 9.97 Å². The second-order valence-electron chi connectivity index (χ2n) is 4.03. The van der Waals surface area contributed by atoms with E-state index in [9.17, 15) is 22.0 Å². The number of hydrogen-bond acceptors (Lipinski definition) is 3. The average molecular weight is 304 g/mol. The fraction of sp³-hybridized carbons (Fsp3) is 0.231. The minimum Gasteiger partial charge on any atom is -0.436 e. The molecule has 0 spiro atoms. The molecule has 0 aliphatic heterocycles. The van der Waals surface area contributed by atoms with E-state index < -0.39 is 29.3 Å². The van der Waals surface area contributed by atoms with Gasteiger partial charge < -0.3 is 4.74 Å². The first-order valence-corrected chi connectivity index (χ1v) is 5.87. The van der Waals surface area contributed by atoms with E-state index in [1.807, 2.05) is 0 Å². The van der Waals surface area contributed by atoms with Crippen LogP contribution in [0.5, 0.6) is 11.6 Å². The van der Waals surface area contributed by atoms with Crippen LogP contribution < -0.4 is 4.74 Å². The van der Waals surface area contributed by atoms with Crippen LogP contribution in [0.2, 0.25) is 0 Å². The number of benzene rings is 1. The summed E-state index contributed by atoms with van der Waals surface area (Å²) in [4.78, 5) is 7.18. The smallest absolute Gasteiger partial charge is 0.419 e. The zero-order valence-corrected chi connectivity index (χ0v) is 10.7. The number of nitrogens with zero attached hydrogens (tertiary/aromatic N) is 2. The Morgan fingerprint density at radius 2 is 1.86 bits per heavy atom. The molecule has 21 heavy (non-hydrogen) atoms. The van der Waals surface area contributed by atoms with Crippen LogP contribution >= 0.6 is 0 Å². The molecular weight excluding hydrogens is 295 g/mol. The van der Waals surface area contributed by atoms with Crippen LogP contribution in [0.25, 0.3) is 0 Å². The van der Waals surface area contributed by atoms with E-state index in [1.165, 1.54) is 0 Å². The summed E-state index contributed by atoms with van der Waals surface area (Å²) >= 11 is 0. The normalized spacial score (nSPS) is 11.5. The molecule has 0 aliphatic carbocycles. The van der Waals surface area contributed by atoms with Crippen molar-refractivity contribution in [3.8, 4) is 11.6 Å². The van der Waals surface area contributed by atoms with E-state index in [4.69, 9.17) is 4.74 Å². The monoisotopic (exact) mass is 304 g/mol. The van der Waals surface area contributed by atoms with Gasteiger partial charge in [-0.05, 0) is 24.6 Å². The molecule has 2 aromatic rings. The molecule has 1 aromatic carbocycles. The Hall–Kier alpha value is -2.25. The van der Waals surface area contributed by atoms with E-state index in [0.717, 1.165) is 12.4 Å². The lowest BCUT2D eigenvalue weighted by Gasteiger charge is -2.11. The minimum atomic E-state index is -4.87. The molecule has 8 heteroatoms. The van der Waals surface area contributed by atoms with Crippen LogP contribution in [-0.2, 0) is 12.6 Å². The highest BCUT2D eigenvalue weighted by molar-refractivity contribution is 5.34. The summed E-state index contributed by atoms with van der Waals surface area (Å²) in [5.41, 5.74) is -1.43. The van der Waals surface area contributed by atoms with E-state index in [2.05, 4.69) is 9.97 Å². The summed E-state index contributed by atoms with van der Waals surface area (Å²) in [6, 6.07) is 2.00. The van der Waals surface area contributed by atoms with Crippen molar-refractivity contribution in [2.24, 2.45) is 0 Å².